The van der Waals surface area contributed by atoms with Crippen LogP contribution in [0.4, 0.5) is 5.82 Å². The number of rotatable bonds is 7. The summed E-state index contributed by atoms with van der Waals surface area (Å²) in [7, 11) is 0. The van der Waals surface area contributed by atoms with Crippen LogP contribution in [0.3, 0.4) is 0 Å². The molecule has 0 saturated heterocycles. The SMILES string of the molecule is NCC(COCc1ccccc1)n1c2ccccc2c2cc(C(=O)NCl)c(N)nc21. The number of para-hydroxylation sites is 1. The third kappa shape index (κ3) is 3.70. The Morgan fingerprint density at radius 1 is 1.13 bits per heavy atom. The van der Waals surface area contributed by atoms with Crippen LogP contribution in [0, 0.1) is 0 Å². The van der Waals surface area contributed by atoms with Crippen LogP contribution in [0.25, 0.3) is 21.9 Å². The number of hydrogen-bond acceptors (Lipinski definition) is 5. The van der Waals surface area contributed by atoms with Crippen molar-refractivity contribution in [1.29, 1.82) is 0 Å². The van der Waals surface area contributed by atoms with Gasteiger partial charge in [-0.2, -0.15) is 0 Å². The number of benzene rings is 2. The van der Waals surface area contributed by atoms with E-state index >= 15 is 0 Å². The fourth-order valence-corrected chi connectivity index (χ4v) is 3.76. The molecule has 1 atom stereocenters. The summed E-state index contributed by atoms with van der Waals surface area (Å²) >= 11 is 5.49. The number of carbonyl (C=O) groups is 1. The molecule has 1 amide bonds. The molecule has 0 saturated carbocycles. The van der Waals surface area contributed by atoms with Crippen LogP contribution in [0.15, 0.2) is 60.7 Å². The number of halogens is 1. The van der Waals surface area contributed by atoms with Gasteiger partial charge in [-0.1, -0.05) is 48.5 Å². The van der Waals surface area contributed by atoms with Gasteiger partial charge in [-0.3, -0.25) is 9.63 Å². The Hall–Kier alpha value is -3.13. The number of carbonyl (C=O) groups excluding carboxylic acids is 1. The number of aromatic nitrogens is 2. The molecule has 1 unspecified atom stereocenters. The number of amides is 1. The Morgan fingerprint density at radius 3 is 2.60 bits per heavy atom. The lowest BCUT2D eigenvalue weighted by Gasteiger charge is -2.19. The molecule has 5 N–H and O–H groups in total. The lowest BCUT2D eigenvalue weighted by atomic mass is 10.1. The molecule has 2 aromatic heterocycles. The minimum Gasteiger partial charge on any atom is -0.383 e. The summed E-state index contributed by atoms with van der Waals surface area (Å²) in [6.07, 6.45) is 0. The Labute approximate surface area is 178 Å². The summed E-state index contributed by atoms with van der Waals surface area (Å²) in [6, 6.07) is 19.4. The number of nitrogens with two attached hydrogens (primary N) is 2. The molecule has 4 rings (SSSR count). The fraction of sp³-hybridized carbons (Fsp3) is 0.182. The van der Waals surface area contributed by atoms with Gasteiger partial charge in [0.25, 0.3) is 5.91 Å². The number of nitrogens with zero attached hydrogens (tertiary/aromatic N) is 2. The van der Waals surface area contributed by atoms with Crippen LogP contribution in [0.5, 0.6) is 0 Å². The van der Waals surface area contributed by atoms with Crippen molar-refractivity contribution < 1.29 is 9.53 Å². The predicted octanol–water partition coefficient (Wildman–Crippen LogP) is 3.37. The van der Waals surface area contributed by atoms with Crippen molar-refractivity contribution in [3.05, 3.63) is 71.8 Å². The van der Waals surface area contributed by atoms with Crippen LogP contribution >= 0.6 is 11.8 Å². The highest BCUT2D eigenvalue weighted by atomic mass is 35.5. The molecule has 0 aliphatic rings. The first-order valence-corrected chi connectivity index (χ1v) is 9.93. The monoisotopic (exact) mass is 423 g/mol. The molecule has 7 nitrogen and oxygen atoms in total. The highest BCUT2D eigenvalue weighted by Gasteiger charge is 2.21. The molecule has 0 spiro atoms. The van der Waals surface area contributed by atoms with Gasteiger partial charge in [0.05, 0.1) is 30.3 Å². The second-order valence-electron chi connectivity index (χ2n) is 6.99. The van der Waals surface area contributed by atoms with E-state index in [1.165, 1.54) is 0 Å². The summed E-state index contributed by atoms with van der Waals surface area (Å²) in [5.41, 5.74) is 15.1. The number of anilines is 1. The highest BCUT2D eigenvalue weighted by Crippen LogP contribution is 2.32. The number of nitrogens with one attached hydrogen (secondary N) is 1. The number of nitrogen functional groups attached to an aromatic ring is 1. The van der Waals surface area contributed by atoms with Gasteiger partial charge < -0.3 is 20.8 Å². The van der Waals surface area contributed by atoms with Gasteiger partial charge >= 0.3 is 0 Å². The van der Waals surface area contributed by atoms with Gasteiger partial charge in [-0.05, 0) is 17.7 Å². The minimum atomic E-state index is -0.498. The predicted molar refractivity (Wildman–Crippen MR) is 119 cm³/mol. The zero-order valence-corrected chi connectivity index (χ0v) is 17.0. The van der Waals surface area contributed by atoms with E-state index in [1.807, 2.05) is 59.2 Å². The van der Waals surface area contributed by atoms with E-state index in [4.69, 9.17) is 28.0 Å². The molecule has 154 valence electrons. The van der Waals surface area contributed by atoms with Crippen LogP contribution < -0.4 is 16.3 Å². The van der Waals surface area contributed by atoms with Gasteiger partial charge in [-0.15, -0.1) is 0 Å². The minimum absolute atomic E-state index is 0.102. The van der Waals surface area contributed by atoms with E-state index in [9.17, 15) is 4.79 Å². The first-order valence-electron chi connectivity index (χ1n) is 9.56. The zero-order chi connectivity index (χ0) is 21.1. The van der Waals surface area contributed by atoms with Crippen molar-refractivity contribution in [1.82, 2.24) is 14.4 Å². The first-order chi connectivity index (χ1) is 14.6. The van der Waals surface area contributed by atoms with Gasteiger partial charge in [0.2, 0.25) is 0 Å². The van der Waals surface area contributed by atoms with E-state index in [-0.39, 0.29) is 17.4 Å². The highest BCUT2D eigenvalue weighted by molar-refractivity contribution is 6.25. The van der Waals surface area contributed by atoms with Crippen LogP contribution in [-0.4, -0.2) is 28.6 Å². The summed E-state index contributed by atoms with van der Waals surface area (Å²) in [4.78, 5) is 18.7. The van der Waals surface area contributed by atoms with Gasteiger partial charge in [0, 0.05) is 29.1 Å². The number of fused-ring (bicyclic) bond motifs is 3. The van der Waals surface area contributed by atoms with Crippen molar-refractivity contribution in [2.24, 2.45) is 5.73 Å². The molecule has 2 heterocycles. The molecule has 0 fully saturated rings. The van der Waals surface area contributed by atoms with E-state index in [0.29, 0.717) is 25.4 Å². The Bertz CT molecular complexity index is 1190. The van der Waals surface area contributed by atoms with Crippen molar-refractivity contribution in [2.45, 2.75) is 12.6 Å². The lowest BCUT2D eigenvalue weighted by molar-refractivity contribution is 0.0941. The van der Waals surface area contributed by atoms with E-state index in [1.54, 1.807) is 6.07 Å². The van der Waals surface area contributed by atoms with Crippen LogP contribution in [-0.2, 0) is 11.3 Å². The quantitative estimate of drug-likeness (QED) is 0.395. The average Bonchev–Trinajstić information content (AvgIpc) is 3.09. The normalized spacial score (nSPS) is 12.3. The average molecular weight is 424 g/mol. The summed E-state index contributed by atoms with van der Waals surface area (Å²) in [6.45, 7) is 1.25. The number of pyridine rings is 1. The van der Waals surface area contributed by atoms with Gasteiger partial charge in [0.15, 0.2) is 0 Å². The zero-order valence-electron chi connectivity index (χ0n) is 16.2. The Kier molecular flexibility index (Phi) is 5.85. The van der Waals surface area contributed by atoms with Crippen LogP contribution in [0.2, 0.25) is 0 Å². The molecule has 8 heteroatoms. The van der Waals surface area contributed by atoms with Crippen LogP contribution in [0.1, 0.15) is 22.0 Å². The molecule has 0 aliphatic carbocycles. The molecule has 0 bridgehead atoms. The summed E-state index contributed by atoms with van der Waals surface area (Å²) in [5, 5.41) is 1.75. The van der Waals surface area contributed by atoms with E-state index < -0.39 is 5.91 Å². The molecular formula is C22H22ClN5O2. The number of hydrogen-bond donors (Lipinski definition) is 3. The Morgan fingerprint density at radius 2 is 1.87 bits per heavy atom. The fourth-order valence-electron chi connectivity index (χ4n) is 3.66. The topological polar surface area (TPSA) is 108 Å². The maximum Gasteiger partial charge on any atom is 0.269 e. The smallest absolute Gasteiger partial charge is 0.269 e. The molecule has 30 heavy (non-hydrogen) atoms. The van der Waals surface area contributed by atoms with Crippen molar-refractivity contribution >= 4 is 45.4 Å². The maximum absolute atomic E-state index is 12.1. The van der Waals surface area contributed by atoms with Gasteiger partial charge in [0.1, 0.15) is 11.5 Å². The third-order valence-corrected chi connectivity index (χ3v) is 5.27. The van der Waals surface area contributed by atoms with Gasteiger partial charge in [-0.25, -0.2) is 4.98 Å². The lowest BCUT2D eigenvalue weighted by Crippen LogP contribution is -2.24. The largest absolute Gasteiger partial charge is 0.383 e. The maximum atomic E-state index is 12.1. The first kappa shape index (κ1) is 20.2. The third-order valence-electron chi connectivity index (χ3n) is 5.10. The summed E-state index contributed by atoms with van der Waals surface area (Å²) < 4.78 is 8.00. The second-order valence-corrected chi connectivity index (χ2v) is 7.18. The van der Waals surface area contributed by atoms with E-state index in [2.05, 4.69) is 9.82 Å². The molecule has 0 radical (unpaired) electrons. The number of ether oxygens (including phenoxy) is 1. The Balaban J connectivity index is 1.75. The van der Waals surface area contributed by atoms with Crippen molar-refractivity contribution in [2.75, 3.05) is 18.9 Å². The summed E-state index contributed by atoms with van der Waals surface area (Å²) in [5.74, 6) is -0.396. The van der Waals surface area contributed by atoms with E-state index in [0.717, 1.165) is 21.9 Å². The molecule has 0 aliphatic heterocycles. The molecular weight excluding hydrogens is 402 g/mol. The second kappa shape index (κ2) is 8.71. The van der Waals surface area contributed by atoms with Crippen molar-refractivity contribution in [3.63, 3.8) is 0 Å². The molecule has 2 aromatic carbocycles. The standard InChI is InChI=1S/C22H22ClN5O2/c23-27-22(29)18-10-17-16-8-4-5-9-19(16)28(21(17)26-20(18)25)15(11-24)13-30-12-14-6-2-1-3-7-14/h1-10,15H,11-13,24H2,(H2,25,26)(H,27,29). The molecule has 4 aromatic rings. The van der Waals surface area contributed by atoms with Crippen molar-refractivity contribution in [3.8, 4) is 0 Å².